The topological polar surface area (TPSA) is 71.1 Å². The highest BCUT2D eigenvalue weighted by atomic mass is 32.1. The monoisotopic (exact) mass is 387 g/mol. The van der Waals surface area contributed by atoms with Crippen molar-refractivity contribution in [2.24, 2.45) is 0 Å². The molecule has 146 valence electrons. The van der Waals surface area contributed by atoms with Gasteiger partial charge in [-0.2, -0.15) is 0 Å². The molecule has 0 saturated heterocycles. The third-order valence-corrected chi connectivity index (χ3v) is 4.93. The second-order valence-corrected chi connectivity index (χ2v) is 9.53. The van der Waals surface area contributed by atoms with Crippen LogP contribution in [-0.4, -0.2) is 23.3 Å². The summed E-state index contributed by atoms with van der Waals surface area (Å²) in [6.45, 7) is 12.9. The third kappa shape index (κ3) is 6.17. The zero-order chi connectivity index (χ0) is 20.2. The summed E-state index contributed by atoms with van der Waals surface area (Å²) in [4.78, 5) is 28.7. The summed E-state index contributed by atoms with van der Waals surface area (Å²) in [6.07, 6.45) is 0.205. The Balaban J connectivity index is 1.80. The SMILES string of the molecule is CC(C)(C)c1ccc(C(=O)NCCC(=O)Nc2nc(C(C)(C)C)cs2)cc1. The Bertz CT molecular complexity index is 796. The summed E-state index contributed by atoms with van der Waals surface area (Å²) < 4.78 is 0. The maximum Gasteiger partial charge on any atom is 0.251 e. The molecule has 1 aromatic heterocycles. The van der Waals surface area contributed by atoms with Crippen molar-refractivity contribution >= 4 is 28.3 Å². The Hall–Kier alpha value is -2.21. The molecule has 6 heteroatoms. The molecule has 0 unspecified atom stereocenters. The second-order valence-electron chi connectivity index (χ2n) is 8.67. The zero-order valence-electron chi connectivity index (χ0n) is 17.0. The lowest BCUT2D eigenvalue weighted by Gasteiger charge is -2.19. The number of carbonyl (C=O) groups is 2. The van der Waals surface area contributed by atoms with E-state index in [0.717, 1.165) is 5.69 Å². The summed E-state index contributed by atoms with van der Waals surface area (Å²) in [5, 5.41) is 8.12. The molecule has 0 saturated carbocycles. The Morgan fingerprint density at radius 1 is 1.00 bits per heavy atom. The number of rotatable bonds is 5. The molecule has 2 N–H and O–H groups in total. The number of aromatic nitrogens is 1. The van der Waals surface area contributed by atoms with Gasteiger partial charge in [0.2, 0.25) is 5.91 Å². The molecule has 2 rings (SSSR count). The number of benzene rings is 1. The smallest absolute Gasteiger partial charge is 0.251 e. The zero-order valence-corrected chi connectivity index (χ0v) is 17.8. The Kier molecular flexibility index (Phi) is 6.42. The van der Waals surface area contributed by atoms with Crippen molar-refractivity contribution in [3.8, 4) is 0 Å². The van der Waals surface area contributed by atoms with E-state index in [1.54, 1.807) is 0 Å². The van der Waals surface area contributed by atoms with E-state index in [9.17, 15) is 9.59 Å². The van der Waals surface area contributed by atoms with E-state index in [1.165, 1.54) is 16.9 Å². The van der Waals surface area contributed by atoms with Crippen LogP contribution in [0.1, 0.15) is 69.6 Å². The standard InChI is InChI=1S/C21H29N3O2S/c1-20(2,3)15-9-7-14(8-10-15)18(26)22-12-11-17(25)24-19-23-16(13-27-19)21(4,5)6/h7-10,13H,11-12H2,1-6H3,(H,22,26)(H,23,24,25). The van der Waals surface area contributed by atoms with Crippen LogP contribution in [0.2, 0.25) is 0 Å². The summed E-state index contributed by atoms with van der Waals surface area (Å²) in [5.74, 6) is -0.333. The van der Waals surface area contributed by atoms with Gasteiger partial charge in [0.1, 0.15) is 0 Å². The predicted molar refractivity (Wildman–Crippen MR) is 112 cm³/mol. The van der Waals surface area contributed by atoms with Crippen molar-refractivity contribution < 1.29 is 9.59 Å². The minimum Gasteiger partial charge on any atom is -0.352 e. The van der Waals surface area contributed by atoms with E-state index < -0.39 is 0 Å². The minimum atomic E-state index is -0.174. The number of hydrogen-bond donors (Lipinski definition) is 2. The molecule has 0 aliphatic rings. The van der Waals surface area contributed by atoms with Crippen molar-refractivity contribution in [2.45, 2.75) is 58.8 Å². The van der Waals surface area contributed by atoms with E-state index in [0.29, 0.717) is 10.7 Å². The molecule has 1 aromatic carbocycles. The lowest BCUT2D eigenvalue weighted by Crippen LogP contribution is -2.27. The van der Waals surface area contributed by atoms with Crippen LogP contribution in [-0.2, 0) is 15.6 Å². The minimum absolute atomic E-state index is 0.0456. The average Bonchev–Trinajstić information content (AvgIpc) is 3.02. The molecule has 0 atom stereocenters. The first kappa shape index (κ1) is 21.1. The Labute approximate surface area is 165 Å². The maximum absolute atomic E-state index is 12.2. The fourth-order valence-corrected chi connectivity index (χ4v) is 3.32. The van der Waals surface area contributed by atoms with Gasteiger partial charge in [0.05, 0.1) is 5.69 Å². The molecule has 1 heterocycles. The van der Waals surface area contributed by atoms with Gasteiger partial charge >= 0.3 is 0 Å². The van der Waals surface area contributed by atoms with Crippen LogP contribution in [0.5, 0.6) is 0 Å². The summed E-state index contributed by atoms with van der Waals surface area (Å²) >= 11 is 1.41. The highest BCUT2D eigenvalue weighted by Gasteiger charge is 2.18. The molecule has 5 nitrogen and oxygen atoms in total. The molecule has 2 amide bonds. The van der Waals surface area contributed by atoms with Crippen molar-refractivity contribution in [3.63, 3.8) is 0 Å². The van der Waals surface area contributed by atoms with E-state index >= 15 is 0 Å². The molecule has 27 heavy (non-hydrogen) atoms. The normalized spacial score (nSPS) is 11.9. The maximum atomic E-state index is 12.2. The van der Waals surface area contributed by atoms with Gasteiger partial charge in [-0.15, -0.1) is 11.3 Å². The van der Waals surface area contributed by atoms with Crippen LogP contribution >= 0.6 is 11.3 Å². The largest absolute Gasteiger partial charge is 0.352 e. The van der Waals surface area contributed by atoms with Gasteiger partial charge in [0.15, 0.2) is 5.13 Å². The van der Waals surface area contributed by atoms with E-state index in [1.807, 2.05) is 29.6 Å². The number of nitrogens with one attached hydrogen (secondary N) is 2. The molecule has 0 fully saturated rings. The van der Waals surface area contributed by atoms with E-state index in [-0.39, 0.29) is 35.6 Å². The number of anilines is 1. The van der Waals surface area contributed by atoms with Crippen LogP contribution in [0, 0.1) is 0 Å². The Morgan fingerprint density at radius 3 is 2.15 bits per heavy atom. The molecule has 2 aromatic rings. The van der Waals surface area contributed by atoms with Crippen molar-refractivity contribution in [1.29, 1.82) is 0 Å². The average molecular weight is 388 g/mol. The number of amides is 2. The van der Waals surface area contributed by atoms with Gasteiger partial charge in [0, 0.05) is 29.3 Å². The van der Waals surface area contributed by atoms with Crippen molar-refractivity contribution in [1.82, 2.24) is 10.3 Å². The van der Waals surface area contributed by atoms with Crippen LogP contribution in [0.25, 0.3) is 0 Å². The summed E-state index contributed by atoms with van der Waals surface area (Å²) in [5.41, 5.74) is 2.73. The van der Waals surface area contributed by atoms with Crippen LogP contribution in [0.3, 0.4) is 0 Å². The molecule has 0 radical (unpaired) electrons. The van der Waals surface area contributed by atoms with Gasteiger partial charge in [-0.3, -0.25) is 9.59 Å². The van der Waals surface area contributed by atoms with Gasteiger partial charge in [0.25, 0.3) is 5.91 Å². The van der Waals surface area contributed by atoms with Gasteiger partial charge in [-0.25, -0.2) is 4.98 Å². The highest BCUT2D eigenvalue weighted by molar-refractivity contribution is 7.13. The molecule has 0 spiro atoms. The Morgan fingerprint density at radius 2 is 1.63 bits per heavy atom. The van der Waals surface area contributed by atoms with Crippen molar-refractivity contribution in [2.75, 3.05) is 11.9 Å². The van der Waals surface area contributed by atoms with Crippen LogP contribution < -0.4 is 10.6 Å². The molecule has 0 bridgehead atoms. The number of nitrogens with zero attached hydrogens (tertiary/aromatic N) is 1. The second kappa shape index (κ2) is 8.21. The first-order valence-electron chi connectivity index (χ1n) is 9.11. The fourth-order valence-electron chi connectivity index (χ4n) is 2.37. The molecule has 0 aliphatic heterocycles. The lowest BCUT2D eigenvalue weighted by atomic mass is 9.87. The number of thiazole rings is 1. The van der Waals surface area contributed by atoms with E-state index in [4.69, 9.17) is 0 Å². The number of hydrogen-bond acceptors (Lipinski definition) is 4. The molecular weight excluding hydrogens is 358 g/mol. The predicted octanol–water partition coefficient (Wildman–Crippen LogP) is 4.50. The van der Waals surface area contributed by atoms with E-state index in [2.05, 4.69) is 57.2 Å². The number of carbonyl (C=O) groups excluding carboxylic acids is 2. The van der Waals surface area contributed by atoms with Crippen LogP contribution in [0.15, 0.2) is 29.6 Å². The molecule has 0 aliphatic carbocycles. The summed E-state index contributed by atoms with van der Waals surface area (Å²) in [6, 6.07) is 7.58. The first-order chi connectivity index (χ1) is 12.5. The van der Waals surface area contributed by atoms with Crippen LogP contribution in [0.4, 0.5) is 5.13 Å². The van der Waals surface area contributed by atoms with Gasteiger partial charge in [-0.05, 0) is 23.1 Å². The first-order valence-corrected chi connectivity index (χ1v) is 9.99. The quantitative estimate of drug-likeness (QED) is 0.794. The highest BCUT2D eigenvalue weighted by Crippen LogP contribution is 2.26. The third-order valence-electron chi connectivity index (χ3n) is 4.17. The fraction of sp³-hybridized carbons (Fsp3) is 0.476. The van der Waals surface area contributed by atoms with Gasteiger partial charge < -0.3 is 10.6 Å². The van der Waals surface area contributed by atoms with Gasteiger partial charge in [-0.1, -0.05) is 53.7 Å². The lowest BCUT2D eigenvalue weighted by molar-refractivity contribution is -0.116. The van der Waals surface area contributed by atoms with Crippen molar-refractivity contribution in [3.05, 3.63) is 46.5 Å². The molecular formula is C21H29N3O2S. The summed E-state index contributed by atoms with van der Waals surface area (Å²) in [7, 11) is 0.